The highest BCUT2D eigenvalue weighted by molar-refractivity contribution is 4.88. The lowest BCUT2D eigenvalue weighted by atomic mass is 9.99. The van der Waals surface area contributed by atoms with Crippen molar-refractivity contribution in [1.29, 1.82) is 0 Å². The Morgan fingerprint density at radius 1 is 1.50 bits per heavy atom. The van der Waals surface area contributed by atoms with Crippen molar-refractivity contribution >= 4 is 0 Å². The zero-order chi connectivity index (χ0) is 12.2. The Hall–Kier alpha value is -0.160. The van der Waals surface area contributed by atoms with Crippen LogP contribution in [-0.4, -0.2) is 54.0 Å². The van der Waals surface area contributed by atoms with Crippen molar-refractivity contribution in [2.24, 2.45) is 5.73 Å². The quantitative estimate of drug-likeness (QED) is 0.725. The first-order valence-electron chi connectivity index (χ1n) is 6.24. The van der Waals surface area contributed by atoms with Gasteiger partial charge in [0.25, 0.3) is 0 Å². The van der Waals surface area contributed by atoms with E-state index in [2.05, 4.69) is 25.7 Å². The highest BCUT2D eigenvalue weighted by Crippen LogP contribution is 2.20. The predicted molar refractivity (Wildman–Crippen MR) is 65.4 cm³/mol. The van der Waals surface area contributed by atoms with Gasteiger partial charge in [0.15, 0.2) is 0 Å². The van der Waals surface area contributed by atoms with Gasteiger partial charge >= 0.3 is 0 Å². The molecule has 0 saturated carbocycles. The molecule has 1 aliphatic heterocycles. The summed E-state index contributed by atoms with van der Waals surface area (Å²) < 4.78 is 5.67. The molecule has 1 fully saturated rings. The van der Waals surface area contributed by atoms with E-state index in [1.165, 1.54) is 0 Å². The maximum absolute atomic E-state index is 9.48. The molecular weight excluding hydrogens is 204 g/mol. The zero-order valence-corrected chi connectivity index (χ0v) is 10.8. The van der Waals surface area contributed by atoms with E-state index < -0.39 is 0 Å². The Balaban J connectivity index is 2.58. The molecule has 4 heteroatoms. The molecule has 1 heterocycles. The molecule has 0 aromatic heterocycles. The molecule has 16 heavy (non-hydrogen) atoms. The second-order valence-corrected chi connectivity index (χ2v) is 5.28. The smallest absolute Gasteiger partial charge is 0.0753 e. The van der Waals surface area contributed by atoms with Gasteiger partial charge in [0.1, 0.15) is 0 Å². The van der Waals surface area contributed by atoms with Crippen molar-refractivity contribution in [2.75, 3.05) is 26.3 Å². The van der Waals surface area contributed by atoms with Crippen molar-refractivity contribution in [3.8, 4) is 0 Å². The number of nitrogens with two attached hydrogens (primary N) is 1. The molecule has 4 nitrogen and oxygen atoms in total. The Morgan fingerprint density at radius 3 is 2.69 bits per heavy atom. The minimum atomic E-state index is -0.127. The SMILES string of the molecule is CCCC(N)C(CO)N1CCOC(C)(C)C1. The second-order valence-electron chi connectivity index (χ2n) is 5.28. The molecule has 2 unspecified atom stereocenters. The normalized spacial score (nSPS) is 25.3. The molecule has 0 aromatic carbocycles. The van der Waals surface area contributed by atoms with Crippen molar-refractivity contribution in [1.82, 2.24) is 4.90 Å². The van der Waals surface area contributed by atoms with Crippen molar-refractivity contribution in [3.63, 3.8) is 0 Å². The molecule has 0 radical (unpaired) electrons. The maximum Gasteiger partial charge on any atom is 0.0753 e. The number of morpholine rings is 1. The molecule has 3 N–H and O–H groups in total. The molecule has 0 amide bonds. The summed E-state index contributed by atoms with van der Waals surface area (Å²) in [5.41, 5.74) is 5.99. The summed E-state index contributed by atoms with van der Waals surface area (Å²) in [5, 5.41) is 9.48. The Labute approximate surface area is 98.8 Å². The first-order chi connectivity index (χ1) is 7.50. The minimum absolute atomic E-state index is 0.0592. The van der Waals surface area contributed by atoms with Gasteiger partial charge < -0.3 is 15.6 Å². The van der Waals surface area contributed by atoms with E-state index in [9.17, 15) is 5.11 Å². The lowest BCUT2D eigenvalue weighted by Gasteiger charge is -2.43. The van der Waals surface area contributed by atoms with Crippen LogP contribution < -0.4 is 5.73 Å². The summed E-state index contributed by atoms with van der Waals surface area (Å²) in [5.74, 6) is 0. The van der Waals surface area contributed by atoms with Crippen LogP contribution in [0.1, 0.15) is 33.6 Å². The van der Waals surface area contributed by atoms with Gasteiger partial charge in [-0.1, -0.05) is 13.3 Å². The highest BCUT2D eigenvalue weighted by atomic mass is 16.5. The van der Waals surface area contributed by atoms with E-state index in [1.807, 2.05) is 0 Å². The summed E-state index contributed by atoms with van der Waals surface area (Å²) in [7, 11) is 0. The van der Waals surface area contributed by atoms with Gasteiger partial charge in [-0.15, -0.1) is 0 Å². The van der Waals surface area contributed by atoms with Crippen LogP contribution in [0.2, 0.25) is 0 Å². The summed E-state index contributed by atoms with van der Waals surface area (Å²) in [6.07, 6.45) is 2.02. The van der Waals surface area contributed by atoms with E-state index in [1.54, 1.807) is 0 Å². The minimum Gasteiger partial charge on any atom is -0.395 e. The summed E-state index contributed by atoms with van der Waals surface area (Å²) in [4.78, 5) is 2.27. The Morgan fingerprint density at radius 2 is 2.19 bits per heavy atom. The van der Waals surface area contributed by atoms with Gasteiger partial charge in [0.2, 0.25) is 0 Å². The number of aliphatic hydroxyl groups excluding tert-OH is 1. The van der Waals surface area contributed by atoms with E-state index >= 15 is 0 Å². The molecule has 1 rings (SSSR count). The molecule has 2 atom stereocenters. The topological polar surface area (TPSA) is 58.7 Å². The lowest BCUT2D eigenvalue weighted by molar-refractivity contribution is -0.104. The third-order valence-corrected chi connectivity index (χ3v) is 3.23. The van der Waals surface area contributed by atoms with Crippen LogP contribution in [0, 0.1) is 0 Å². The molecular formula is C12H26N2O2. The standard InChI is InChI=1S/C12H26N2O2/c1-4-5-10(13)11(8-15)14-6-7-16-12(2,3)9-14/h10-11,15H,4-9,13H2,1-3H3. The van der Waals surface area contributed by atoms with E-state index in [0.717, 1.165) is 32.5 Å². The van der Waals surface area contributed by atoms with Gasteiger partial charge in [0.05, 0.1) is 18.8 Å². The van der Waals surface area contributed by atoms with Crippen LogP contribution in [-0.2, 0) is 4.74 Å². The number of aliphatic hydroxyl groups is 1. The highest BCUT2D eigenvalue weighted by Gasteiger charge is 2.33. The van der Waals surface area contributed by atoms with Crippen molar-refractivity contribution < 1.29 is 9.84 Å². The zero-order valence-electron chi connectivity index (χ0n) is 10.8. The molecule has 0 aromatic rings. The summed E-state index contributed by atoms with van der Waals surface area (Å²) in [6.45, 7) is 8.86. The Kier molecular flexibility index (Phi) is 5.18. The maximum atomic E-state index is 9.48. The largest absolute Gasteiger partial charge is 0.395 e. The number of hydrogen-bond donors (Lipinski definition) is 2. The van der Waals surface area contributed by atoms with E-state index in [4.69, 9.17) is 10.5 Å². The lowest BCUT2D eigenvalue weighted by Crippen LogP contribution is -2.58. The van der Waals surface area contributed by atoms with Crippen LogP contribution in [0.4, 0.5) is 0 Å². The number of nitrogens with zero attached hydrogens (tertiary/aromatic N) is 1. The molecule has 0 aliphatic carbocycles. The molecule has 0 spiro atoms. The summed E-state index contributed by atoms with van der Waals surface area (Å²) in [6, 6.07) is 0.132. The van der Waals surface area contributed by atoms with E-state index in [0.29, 0.717) is 0 Å². The molecule has 0 bridgehead atoms. The average Bonchev–Trinajstić information content (AvgIpc) is 2.17. The fourth-order valence-electron chi connectivity index (χ4n) is 2.38. The second kappa shape index (κ2) is 5.96. The predicted octanol–water partition coefficient (Wildman–Crippen LogP) is 0.586. The molecule has 96 valence electrons. The molecule has 1 aliphatic rings. The number of ether oxygens (including phenoxy) is 1. The first-order valence-corrected chi connectivity index (χ1v) is 6.24. The van der Waals surface area contributed by atoms with Gasteiger partial charge in [0, 0.05) is 25.2 Å². The van der Waals surface area contributed by atoms with Gasteiger partial charge in [-0.2, -0.15) is 0 Å². The third-order valence-electron chi connectivity index (χ3n) is 3.23. The fraction of sp³-hybridized carbons (Fsp3) is 1.00. The van der Waals surface area contributed by atoms with Crippen LogP contribution in [0.5, 0.6) is 0 Å². The van der Waals surface area contributed by atoms with Crippen LogP contribution >= 0.6 is 0 Å². The first kappa shape index (κ1) is 13.9. The van der Waals surface area contributed by atoms with E-state index in [-0.39, 0.29) is 24.3 Å². The van der Waals surface area contributed by atoms with Crippen LogP contribution in [0.3, 0.4) is 0 Å². The Bertz CT molecular complexity index is 209. The molecule has 1 saturated heterocycles. The fourth-order valence-corrected chi connectivity index (χ4v) is 2.38. The van der Waals surface area contributed by atoms with Gasteiger partial charge in [-0.25, -0.2) is 0 Å². The van der Waals surface area contributed by atoms with Crippen molar-refractivity contribution in [2.45, 2.75) is 51.3 Å². The van der Waals surface area contributed by atoms with Gasteiger partial charge in [-0.05, 0) is 20.3 Å². The average molecular weight is 230 g/mol. The van der Waals surface area contributed by atoms with Crippen LogP contribution in [0.25, 0.3) is 0 Å². The summed E-state index contributed by atoms with van der Waals surface area (Å²) >= 11 is 0. The van der Waals surface area contributed by atoms with Gasteiger partial charge in [-0.3, -0.25) is 4.90 Å². The monoisotopic (exact) mass is 230 g/mol. The van der Waals surface area contributed by atoms with Crippen LogP contribution in [0.15, 0.2) is 0 Å². The number of hydrogen-bond acceptors (Lipinski definition) is 4. The van der Waals surface area contributed by atoms with Crippen molar-refractivity contribution in [3.05, 3.63) is 0 Å². The number of rotatable bonds is 5. The third kappa shape index (κ3) is 3.70.